The average molecular weight is 256 g/mol. The maximum absolute atomic E-state index is 3.41. The maximum atomic E-state index is 3.41. The summed E-state index contributed by atoms with van der Waals surface area (Å²) in [7, 11) is 2.23. The van der Waals surface area contributed by atoms with Crippen LogP contribution in [0.5, 0.6) is 0 Å². The minimum Gasteiger partial charge on any atom is -0.314 e. The van der Waals surface area contributed by atoms with E-state index in [0.717, 1.165) is 6.04 Å². The molecule has 92 valence electrons. The summed E-state index contributed by atoms with van der Waals surface area (Å²) in [5.41, 5.74) is 0. The number of nitrogens with one attached hydrogen (secondary N) is 1. The first-order valence-electron chi connectivity index (χ1n) is 5.49. The van der Waals surface area contributed by atoms with E-state index in [-0.39, 0.29) is 24.8 Å². The summed E-state index contributed by atoms with van der Waals surface area (Å²) < 4.78 is 0. The highest BCUT2D eigenvalue weighted by atomic mass is 35.5. The smallest absolute Gasteiger partial charge is 0.0121 e. The van der Waals surface area contributed by atoms with Gasteiger partial charge >= 0.3 is 0 Å². The molecule has 2 heterocycles. The Morgan fingerprint density at radius 1 is 0.933 bits per heavy atom. The van der Waals surface area contributed by atoms with Crippen molar-refractivity contribution in [2.24, 2.45) is 0 Å². The molecular weight excluding hydrogens is 233 g/mol. The molecule has 0 bridgehead atoms. The van der Waals surface area contributed by atoms with Crippen LogP contribution in [0, 0.1) is 0 Å². The van der Waals surface area contributed by atoms with E-state index in [1.165, 1.54) is 52.1 Å². The topological polar surface area (TPSA) is 18.5 Å². The Morgan fingerprint density at radius 2 is 1.47 bits per heavy atom. The van der Waals surface area contributed by atoms with E-state index in [1.54, 1.807) is 0 Å². The van der Waals surface area contributed by atoms with Crippen LogP contribution in [0.2, 0.25) is 0 Å². The van der Waals surface area contributed by atoms with E-state index in [4.69, 9.17) is 0 Å². The summed E-state index contributed by atoms with van der Waals surface area (Å²) in [6.45, 7) is 7.46. The van der Waals surface area contributed by atoms with Crippen LogP contribution in [0.1, 0.15) is 12.8 Å². The molecule has 2 aliphatic heterocycles. The van der Waals surface area contributed by atoms with Gasteiger partial charge in [0.1, 0.15) is 0 Å². The van der Waals surface area contributed by atoms with E-state index in [9.17, 15) is 0 Å². The monoisotopic (exact) mass is 255 g/mol. The van der Waals surface area contributed by atoms with Crippen molar-refractivity contribution in [2.75, 3.05) is 46.3 Å². The SMILES string of the molecule is CN1CCC(N2CCNCC2)CC1.Cl.Cl. The number of rotatable bonds is 1. The Hall–Kier alpha value is 0.460. The summed E-state index contributed by atoms with van der Waals surface area (Å²) in [5, 5.41) is 3.41. The largest absolute Gasteiger partial charge is 0.314 e. The number of hydrogen-bond acceptors (Lipinski definition) is 3. The predicted molar refractivity (Wildman–Crippen MR) is 69.5 cm³/mol. The van der Waals surface area contributed by atoms with E-state index in [2.05, 4.69) is 22.2 Å². The lowest BCUT2D eigenvalue weighted by Gasteiger charge is -2.39. The van der Waals surface area contributed by atoms with Crippen molar-refractivity contribution < 1.29 is 0 Å². The molecule has 2 rings (SSSR count). The van der Waals surface area contributed by atoms with Crippen molar-refractivity contribution in [1.82, 2.24) is 15.1 Å². The van der Waals surface area contributed by atoms with Gasteiger partial charge in [-0.3, -0.25) is 4.90 Å². The molecule has 0 aliphatic carbocycles. The number of piperazine rings is 1. The molecular formula is C10H23Cl2N3. The first-order valence-corrected chi connectivity index (χ1v) is 5.49. The van der Waals surface area contributed by atoms with Crippen LogP contribution < -0.4 is 5.32 Å². The summed E-state index contributed by atoms with van der Waals surface area (Å²) >= 11 is 0. The fourth-order valence-electron chi connectivity index (χ4n) is 2.41. The minimum atomic E-state index is 0. The fraction of sp³-hybridized carbons (Fsp3) is 1.00. The third kappa shape index (κ3) is 4.45. The third-order valence-corrected chi connectivity index (χ3v) is 3.36. The van der Waals surface area contributed by atoms with E-state index >= 15 is 0 Å². The molecule has 2 saturated heterocycles. The van der Waals surface area contributed by atoms with Crippen LogP contribution in [0.25, 0.3) is 0 Å². The zero-order valence-corrected chi connectivity index (χ0v) is 11.1. The zero-order valence-electron chi connectivity index (χ0n) is 9.45. The molecule has 0 spiro atoms. The number of likely N-dealkylation sites (tertiary alicyclic amines) is 1. The molecule has 0 aromatic rings. The van der Waals surface area contributed by atoms with Crippen molar-refractivity contribution in [3.8, 4) is 0 Å². The Bertz CT molecular complexity index is 155. The Morgan fingerprint density at radius 3 is 2.00 bits per heavy atom. The molecule has 2 aliphatic rings. The molecule has 0 atom stereocenters. The quantitative estimate of drug-likeness (QED) is 0.749. The van der Waals surface area contributed by atoms with Gasteiger partial charge in [-0.15, -0.1) is 24.8 Å². The molecule has 0 radical (unpaired) electrons. The van der Waals surface area contributed by atoms with Crippen LogP contribution in [0.15, 0.2) is 0 Å². The second-order valence-electron chi connectivity index (χ2n) is 4.32. The average Bonchev–Trinajstić information content (AvgIpc) is 2.20. The van der Waals surface area contributed by atoms with Crippen LogP contribution in [0.4, 0.5) is 0 Å². The van der Waals surface area contributed by atoms with Gasteiger partial charge in [0.2, 0.25) is 0 Å². The van der Waals surface area contributed by atoms with Crippen LogP contribution in [-0.2, 0) is 0 Å². The van der Waals surface area contributed by atoms with Crippen molar-refractivity contribution in [3.05, 3.63) is 0 Å². The van der Waals surface area contributed by atoms with Crippen LogP contribution in [0.3, 0.4) is 0 Å². The molecule has 0 unspecified atom stereocenters. The Labute approximate surface area is 105 Å². The molecule has 0 aromatic carbocycles. The Balaban J connectivity index is 0.000000980. The number of nitrogens with zero attached hydrogens (tertiary/aromatic N) is 2. The highest BCUT2D eigenvalue weighted by Crippen LogP contribution is 2.15. The molecule has 2 fully saturated rings. The van der Waals surface area contributed by atoms with Gasteiger partial charge in [-0.25, -0.2) is 0 Å². The summed E-state index contributed by atoms with van der Waals surface area (Å²) in [4.78, 5) is 5.11. The van der Waals surface area contributed by atoms with Gasteiger partial charge in [0, 0.05) is 32.2 Å². The highest BCUT2D eigenvalue weighted by molar-refractivity contribution is 5.85. The lowest BCUT2D eigenvalue weighted by molar-refractivity contribution is 0.109. The van der Waals surface area contributed by atoms with Crippen molar-refractivity contribution in [3.63, 3.8) is 0 Å². The molecule has 0 aromatic heterocycles. The fourth-order valence-corrected chi connectivity index (χ4v) is 2.41. The van der Waals surface area contributed by atoms with Gasteiger partial charge in [0.05, 0.1) is 0 Å². The summed E-state index contributed by atoms with van der Waals surface area (Å²) in [6.07, 6.45) is 2.74. The third-order valence-electron chi connectivity index (χ3n) is 3.36. The zero-order chi connectivity index (χ0) is 9.10. The molecule has 1 N–H and O–H groups in total. The normalized spacial score (nSPS) is 25.4. The van der Waals surface area contributed by atoms with Gasteiger partial charge in [-0.05, 0) is 33.0 Å². The molecule has 0 saturated carbocycles. The van der Waals surface area contributed by atoms with Gasteiger partial charge in [-0.1, -0.05) is 0 Å². The Kier molecular flexibility index (Phi) is 7.92. The van der Waals surface area contributed by atoms with Crippen molar-refractivity contribution >= 4 is 24.8 Å². The van der Waals surface area contributed by atoms with Gasteiger partial charge < -0.3 is 10.2 Å². The van der Waals surface area contributed by atoms with Gasteiger partial charge in [0.15, 0.2) is 0 Å². The first-order chi connectivity index (χ1) is 6.36. The second kappa shape index (κ2) is 7.69. The summed E-state index contributed by atoms with van der Waals surface area (Å²) in [6, 6.07) is 0.873. The predicted octanol–water partition coefficient (Wildman–Crippen LogP) is 0.829. The van der Waals surface area contributed by atoms with E-state index in [0.29, 0.717) is 0 Å². The molecule has 3 nitrogen and oxygen atoms in total. The summed E-state index contributed by atoms with van der Waals surface area (Å²) in [5.74, 6) is 0. The van der Waals surface area contributed by atoms with Gasteiger partial charge in [-0.2, -0.15) is 0 Å². The van der Waals surface area contributed by atoms with Crippen molar-refractivity contribution in [2.45, 2.75) is 18.9 Å². The minimum absolute atomic E-state index is 0. The molecule has 15 heavy (non-hydrogen) atoms. The number of piperidine rings is 1. The van der Waals surface area contributed by atoms with Gasteiger partial charge in [0.25, 0.3) is 0 Å². The second-order valence-corrected chi connectivity index (χ2v) is 4.32. The van der Waals surface area contributed by atoms with E-state index in [1.807, 2.05) is 0 Å². The number of hydrogen-bond donors (Lipinski definition) is 1. The van der Waals surface area contributed by atoms with Crippen LogP contribution >= 0.6 is 24.8 Å². The molecule has 0 amide bonds. The lowest BCUT2D eigenvalue weighted by Crippen LogP contribution is -2.51. The maximum Gasteiger partial charge on any atom is 0.0121 e. The van der Waals surface area contributed by atoms with Crippen molar-refractivity contribution in [1.29, 1.82) is 0 Å². The lowest BCUT2D eigenvalue weighted by atomic mass is 10.0. The highest BCUT2D eigenvalue weighted by Gasteiger charge is 2.23. The van der Waals surface area contributed by atoms with Crippen LogP contribution in [-0.4, -0.2) is 62.2 Å². The first kappa shape index (κ1) is 15.5. The molecule has 5 heteroatoms. The number of halogens is 2. The standard InChI is InChI=1S/C10H21N3.2ClH/c1-12-6-2-10(3-7-12)13-8-4-11-5-9-13;;/h10-11H,2-9H2,1H3;2*1H. The van der Waals surface area contributed by atoms with E-state index < -0.39 is 0 Å².